The molecule has 3 rings (SSSR count). The number of nitrogens with zero attached hydrogens (tertiary/aromatic N) is 2. The molecule has 0 radical (unpaired) electrons. The molecule has 1 N–H and O–H groups in total. The van der Waals surface area contributed by atoms with Gasteiger partial charge in [0, 0.05) is 17.8 Å². The highest BCUT2D eigenvalue weighted by Gasteiger charge is 2.10. The molecule has 0 aliphatic carbocycles. The Morgan fingerprint density at radius 1 is 1.20 bits per heavy atom. The second-order valence-corrected chi connectivity index (χ2v) is 5.33. The number of hydrogen-bond donors (Lipinski definition) is 1. The van der Waals surface area contributed by atoms with E-state index in [1.807, 2.05) is 25.3 Å². The number of likely N-dealkylation sites (tertiary alicyclic amines) is 1. The first kappa shape index (κ1) is 13.2. The predicted octanol–water partition coefficient (Wildman–Crippen LogP) is 2.86. The second-order valence-electron chi connectivity index (χ2n) is 5.33. The molecule has 1 saturated heterocycles. The van der Waals surface area contributed by atoms with E-state index >= 15 is 0 Å². The lowest BCUT2D eigenvalue weighted by atomic mass is 10.1. The number of benzene rings is 1. The molecule has 0 atom stereocenters. The number of H-pyrrole nitrogens is 1. The van der Waals surface area contributed by atoms with E-state index in [2.05, 4.69) is 27.2 Å². The third kappa shape index (κ3) is 3.02. The molecule has 106 valence electrons. The standard InChI is InChI=1S/C16H21N3O/c1-13-16(12-17-18-13)14-4-6-15(7-5-14)20-11-10-19-8-2-3-9-19/h4-7,12H,2-3,8-11H2,1H3,(H,17,18). The van der Waals surface area contributed by atoms with Crippen molar-refractivity contribution in [3.63, 3.8) is 0 Å². The quantitative estimate of drug-likeness (QED) is 0.909. The van der Waals surface area contributed by atoms with Crippen LogP contribution in [-0.4, -0.2) is 41.3 Å². The van der Waals surface area contributed by atoms with Crippen molar-refractivity contribution >= 4 is 0 Å². The maximum absolute atomic E-state index is 5.81. The molecule has 1 aromatic carbocycles. The molecule has 1 aromatic heterocycles. The number of nitrogens with one attached hydrogen (secondary N) is 1. The molecular formula is C16H21N3O. The van der Waals surface area contributed by atoms with Gasteiger partial charge in [-0.2, -0.15) is 5.10 Å². The first-order valence-corrected chi connectivity index (χ1v) is 7.28. The molecule has 0 bridgehead atoms. The minimum absolute atomic E-state index is 0.768. The van der Waals surface area contributed by atoms with Crippen molar-refractivity contribution < 1.29 is 4.74 Å². The Hall–Kier alpha value is -1.81. The van der Waals surface area contributed by atoms with Gasteiger partial charge in [0.05, 0.1) is 6.20 Å². The molecule has 2 heterocycles. The zero-order valence-corrected chi connectivity index (χ0v) is 11.9. The summed E-state index contributed by atoms with van der Waals surface area (Å²) in [5.41, 5.74) is 3.41. The number of aryl methyl sites for hydroxylation is 1. The minimum atomic E-state index is 0.768. The van der Waals surface area contributed by atoms with Crippen LogP contribution in [0.2, 0.25) is 0 Å². The first-order valence-electron chi connectivity index (χ1n) is 7.28. The van der Waals surface area contributed by atoms with E-state index in [-0.39, 0.29) is 0 Å². The third-order valence-electron chi connectivity index (χ3n) is 3.87. The van der Waals surface area contributed by atoms with E-state index < -0.39 is 0 Å². The average molecular weight is 271 g/mol. The SMILES string of the molecule is Cc1[nH]ncc1-c1ccc(OCCN2CCCC2)cc1. The zero-order valence-electron chi connectivity index (χ0n) is 11.9. The highest BCUT2D eigenvalue weighted by molar-refractivity contribution is 5.65. The van der Waals surface area contributed by atoms with Crippen molar-refractivity contribution in [3.8, 4) is 16.9 Å². The van der Waals surface area contributed by atoms with Gasteiger partial charge >= 0.3 is 0 Å². The highest BCUT2D eigenvalue weighted by Crippen LogP contribution is 2.23. The summed E-state index contributed by atoms with van der Waals surface area (Å²) in [6, 6.07) is 8.24. The van der Waals surface area contributed by atoms with Gasteiger partial charge in [-0.1, -0.05) is 12.1 Å². The number of ether oxygens (including phenoxy) is 1. The summed E-state index contributed by atoms with van der Waals surface area (Å²) < 4.78 is 5.81. The third-order valence-corrected chi connectivity index (χ3v) is 3.87. The summed E-state index contributed by atoms with van der Waals surface area (Å²) in [6.07, 6.45) is 4.52. The predicted molar refractivity (Wildman–Crippen MR) is 79.9 cm³/mol. The van der Waals surface area contributed by atoms with Gasteiger partial charge in [0.2, 0.25) is 0 Å². The Kier molecular flexibility index (Phi) is 4.02. The van der Waals surface area contributed by atoms with E-state index in [1.165, 1.54) is 31.5 Å². The van der Waals surface area contributed by atoms with E-state index in [0.29, 0.717) is 0 Å². The van der Waals surface area contributed by atoms with Crippen molar-refractivity contribution in [1.29, 1.82) is 0 Å². The fourth-order valence-corrected chi connectivity index (χ4v) is 2.67. The average Bonchev–Trinajstić information content (AvgIpc) is 3.11. The van der Waals surface area contributed by atoms with Crippen LogP contribution in [0.3, 0.4) is 0 Å². The summed E-state index contributed by atoms with van der Waals surface area (Å²) in [4.78, 5) is 2.46. The molecule has 2 aromatic rings. The molecule has 0 saturated carbocycles. The normalized spacial score (nSPS) is 15.7. The lowest BCUT2D eigenvalue weighted by Crippen LogP contribution is -2.25. The number of aromatic amines is 1. The molecule has 4 nitrogen and oxygen atoms in total. The summed E-state index contributed by atoms with van der Waals surface area (Å²) in [6.45, 7) is 6.28. The van der Waals surface area contributed by atoms with Gasteiger partial charge in [0.15, 0.2) is 0 Å². The van der Waals surface area contributed by atoms with E-state index in [9.17, 15) is 0 Å². The Balaban J connectivity index is 1.55. The van der Waals surface area contributed by atoms with Gasteiger partial charge in [-0.05, 0) is 50.6 Å². The molecule has 1 aliphatic rings. The largest absolute Gasteiger partial charge is 0.492 e. The fourth-order valence-electron chi connectivity index (χ4n) is 2.67. The van der Waals surface area contributed by atoms with Crippen molar-refractivity contribution in [2.24, 2.45) is 0 Å². The van der Waals surface area contributed by atoms with Crippen LogP contribution in [0, 0.1) is 6.92 Å². The minimum Gasteiger partial charge on any atom is -0.492 e. The van der Waals surface area contributed by atoms with Gasteiger partial charge in [-0.25, -0.2) is 0 Å². The molecule has 4 heteroatoms. The van der Waals surface area contributed by atoms with Crippen molar-refractivity contribution in [2.45, 2.75) is 19.8 Å². The number of hydrogen-bond acceptors (Lipinski definition) is 3. The van der Waals surface area contributed by atoms with Crippen LogP contribution >= 0.6 is 0 Å². The molecule has 0 spiro atoms. The second kappa shape index (κ2) is 6.09. The maximum Gasteiger partial charge on any atom is 0.119 e. The molecule has 1 aliphatic heterocycles. The smallest absolute Gasteiger partial charge is 0.119 e. The van der Waals surface area contributed by atoms with E-state index in [0.717, 1.165) is 30.2 Å². The molecule has 1 fully saturated rings. The van der Waals surface area contributed by atoms with Crippen molar-refractivity contribution in [3.05, 3.63) is 36.2 Å². The van der Waals surface area contributed by atoms with Gasteiger partial charge in [-0.3, -0.25) is 10.00 Å². The molecule has 0 unspecified atom stereocenters. The topological polar surface area (TPSA) is 41.1 Å². The first-order chi connectivity index (χ1) is 9.83. The molecular weight excluding hydrogens is 250 g/mol. The molecule has 0 amide bonds. The fraction of sp³-hybridized carbons (Fsp3) is 0.438. The van der Waals surface area contributed by atoms with E-state index in [4.69, 9.17) is 4.74 Å². The van der Waals surface area contributed by atoms with Crippen LogP contribution < -0.4 is 4.74 Å². The summed E-state index contributed by atoms with van der Waals surface area (Å²) in [7, 11) is 0. The lowest BCUT2D eigenvalue weighted by Gasteiger charge is -2.15. The summed E-state index contributed by atoms with van der Waals surface area (Å²) >= 11 is 0. The zero-order chi connectivity index (χ0) is 13.8. The Morgan fingerprint density at radius 2 is 1.95 bits per heavy atom. The number of rotatable bonds is 5. The van der Waals surface area contributed by atoms with Crippen LogP contribution in [0.15, 0.2) is 30.5 Å². The summed E-state index contributed by atoms with van der Waals surface area (Å²) in [5.74, 6) is 0.939. The Bertz CT molecular complexity index is 541. The Morgan fingerprint density at radius 3 is 2.60 bits per heavy atom. The van der Waals surface area contributed by atoms with Gasteiger partial charge in [-0.15, -0.1) is 0 Å². The summed E-state index contributed by atoms with van der Waals surface area (Å²) in [5, 5.41) is 7.01. The lowest BCUT2D eigenvalue weighted by molar-refractivity contribution is 0.238. The maximum atomic E-state index is 5.81. The highest BCUT2D eigenvalue weighted by atomic mass is 16.5. The van der Waals surface area contributed by atoms with Gasteiger partial charge < -0.3 is 4.74 Å². The van der Waals surface area contributed by atoms with Gasteiger partial charge in [0.1, 0.15) is 12.4 Å². The molecule has 20 heavy (non-hydrogen) atoms. The van der Waals surface area contributed by atoms with Crippen LogP contribution in [0.5, 0.6) is 5.75 Å². The van der Waals surface area contributed by atoms with E-state index in [1.54, 1.807) is 0 Å². The van der Waals surface area contributed by atoms with Crippen molar-refractivity contribution in [2.75, 3.05) is 26.2 Å². The van der Waals surface area contributed by atoms with Crippen LogP contribution in [0.1, 0.15) is 18.5 Å². The van der Waals surface area contributed by atoms with Crippen molar-refractivity contribution in [1.82, 2.24) is 15.1 Å². The van der Waals surface area contributed by atoms with Crippen LogP contribution in [0.4, 0.5) is 0 Å². The number of aromatic nitrogens is 2. The van der Waals surface area contributed by atoms with Crippen LogP contribution in [0.25, 0.3) is 11.1 Å². The monoisotopic (exact) mass is 271 g/mol. The van der Waals surface area contributed by atoms with Crippen LogP contribution in [-0.2, 0) is 0 Å². The van der Waals surface area contributed by atoms with Gasteiger partial charge in [0.25, 0.3) is 0 Å². The Labute approximate surface area is 119 Å².